The van der Waals surface area contributed by atoms with E-state index in [-0.39, 0.29) is 11.9 Å². The number of nitrogens with zero attached hydrogens (tertiary/aromatic N) is 3. The maximum absolute atomic E-state index is 12.6. The average Bonchev–Trinajstić information content (AvgIpc) is 3.28. The summed E-state index contributed by atoms with van der Waals surface area (Å²) >= 11 is 7.96. The average molecular weight is 503 g/mol. The molecule has 0 aliphatic carbocycles. The topological polar surface area (TPSA) is 59.8 Å². The normalized spacial score (nSPS) is 12.1. The van der Waals surface area contributed by atoms with Gasteiger partial charge in [-0.25, -0.2) is 0 Å². The van der Waals surface area contributed by atoms with Gasteiger partial charge >= 0.3 is 0 Å². The molecule has 0 bridgehead atoms. The lowest BCUT2D eigenvalue weighted by Gasteiger charge is -2.17. The molecule has 178 valence electrons. The van der Waals surface area contributed by atoms with E-state index in [1.165, 1.54) is 17.2 Å². The third-order valence-electron chi connectivity index (χ3n) is 5.66. The number of rotatable bonds is 8. The molecule has 0 aliphatic rings. The predicted octanol–water partition coefficient (Wildman–Crippen LogP) is 6.72. The Labute approximate surface area is 215 Å². The summed E-state index contributed by atoms with van der Waals surface area (Å²) in [5, 5.41) is 13.4. The molecule has 1 unspecified atom stereocenters. The molecule has 1 aromatic heterocycles. The Kier molecular flexibility index (Phi) is 8.06. The van der Waals surface area contributed by atoms with E-state index >= 15 is 0 Å². The largest absolute Gasteiger partial charge is 0.343 e. The minimum atomic E-state index is -0.374. The van der Waals surface area contributed by atoms with Gasteiger partial charge in [0.15, 0.2) is 11.0 Å². The molecule has 4 rings (SSSR count). The third-order valence-corrected chi connectivity index (χ3v) is 6.87. The van der Waals surface area contributed by atoms with E-state index in [0.717, 1.165) is 27.7 Å². The molecular formula is C28H27ClN4OS. The summed E-state index contributed by atoms with van der Waals surface area (Å²) in [6.07, 6.45) is 3.32. The Bertz CT molecular complexity index is 1350. The van der Waals surface area contributed by atoms with E-state index < -0.39 is 0 Å². The summed E-state index contributed by atoms with van der Waals surface area (Å²) in [6, 6.07) is 23.4. The van der Waals surface area contributed by atoms with Crippen molar-refractivity contribution in [1.29, 1.82) is 0 Å². The molecule has 0 spiro atoms. The highest BCUT2D eigenvalue weighted by Crippen LogP contribution is 2.31. The van der Waals surface area contributed by atoms with Crippen LogP contribution >= 0.6 is 23.4 Å². The molecule has 0 saturated carbocycles. The van der Waals surface area contributed by atoms with Gasteiger partial charge in [-0.3, -0.25) is 9.36 Å². The molecule has 35 heavy (non-hydrogen) atoms. The molecule has 1 amide bonds. The van der Waals surface area contributed by atoms with Crippen LogP contribution in [0.5, 0.6) is 0 Å². The van der Waals surface area contributed by atoms with Crippen LogP contribution in [0.15, 0.2) is 84.0 Å². The van der Waals surface area contributed by atoms with Crippen LogP contribution in [0, 0.1) is 13.8 Å². The fraction of sp³-hybridized carbons (Fsp3) is 0.179. The zero-order valence-corrected chi connectivity index (χ0v) is 21.5. The van der Waals surface area contributed by atoms with Gasteiger partial charge < -0.3 is 5.32 Å². The lowest BCUT2D eigenvalue weighted by atomic mass is 10.1. The SMILES string of the molecule is Cc1ccccc1CSc1nnc(C(C)NC(=O)/C=C/c2ccccc2)n1-c1cc(Cl)ccc1C. The van der Waals surface area contributed by atoms with E-state index in [9.17, 15) is 4.79 Å². The molecule has 0 aliphatic heterocycles. The number of halogens is 1. The Morgan fingerprint density at radius 1 is 1.03 bits per heavy atom. The molecule has 0 fully saturated rings. The number of carbonyl (C=O) groups is 1. The molecule has 1 heterocycles. The van der Waals surface area contributed by atoms with Crippen LogP contribution in [0.25, 0.3) is 11.8 Å². The highest BCUT2D eigenvalue weighted by atomic mass is 35.5. The first kappa shape index (κ1) is 24.8. The van der Waals surface area contributed by atoms with Crippen molar-refractivity contribution >= 4 is 35.3 Å². The zero-order chi connectivity index (χ0) is 24.8. The number of aromatic nitrogens is 3. The number of hydrogen-bond donors (Lipinski definition) is 1. The van der Waals surface area contributed by atoms with Crippen LogP contribution < -0.4 is 5.32 Å². The van der Waals surface area contributed by atoms with Crippen molar-refractivity contribution in [3.63, 3.8) is 0 Å². The minimum Gasteiger partial charge on any atom is -0.343 e. The van der Waals surface area contributed by atoms with E-state index in [4.69, 9.17) is 11.6 Å². The Hall–Kier alpha value is -3.35. The quantitative estimate of drug-likeness (QED) is 0.214. The van der Waals surface area contributed by atoms with Gasteiger partial charge in [0.1, 0.15) is 0 Å². The van der Waals surface area contributed by atoms with Crippen LogP contribution in [-0.2, 0) is 10.5 Å². The first-order valence-electron chi connectivity index (χ1n) is 11.3. The summed E-state index contributed by atoms with van der Waals surface area (Å²) in [4.78, 5) is 12.6. The van der Waals surface area contributed by atoms with Crippen LogP contribution in [0.1, 0.15) is 41.0 Å². The Morgan fingerprint density at radius 2 is 1.77 bits per heavy atom. The summed E-state index contributed by atoms with van der Waals surface area (Å²) in [5.41, 5.74) is 5.36. The van der Waals surface area contributed by atoms with Gasteiger partial charge in [-0.15, -0.1) is 10.2 Å². The third kappa shape index (κ3) is 6.21. The molecule has 1 N–H and O–H groups in total. The van der Waals surface area contributed by atoms with E-state index in [2.05, 4.69) is 34.6 Å². The maximum Gasteiger partial charge on any atom is 0.244 e. The van der Waals surface area contributed by atoms with Gasteiger partial charge in [-0.2, -0.15) is 0 Å². The van der Waals surface area contributed by atoms with Crippen molar-refractivity contribution in [2.75, 3.05) is 0 Å². The van der Waals surface area contributed by atoms with Crippen molar-refractivity contribution in [3.8, 4) is 5.69 Å². The number of carbonyl (C=O) groups excluding carboxylic acids is 1. The molecule has 3 aromatic carbocycles. The van der Waals surface area contributed by atoms with Crippen molar-refractivity contribution in [2.45, 2.75) is 37.7 Å². The predicted molar refractivity (Wildman–Crippen MR) is 144 cm³/mol. The molecule has 5 nitrogen and oxygen atoms in total. The van der Waals surface area contributed by atoms with E-state index in [0.29, 0.717) is 10.8 Å². The maximum atomic E-state index is 12.6. The van der Waals surface area contributed by atoms with Crippen LogP contribution in [0.2, 0.25) is 5.02 Å². The number of thioether (sulfide) groups is 1. The minimum absolute atomic E-state index is 0.201. The van der Waals surface area contributed by atoms with Gasteiger partial charge in [-0.05, 0) is 61.2 Å². The second-order valence-electron chi connectivity index (χ2n) is 8.30. The fourth-order valence-electron chi connectivity index (χ4n) is 3.68. The number of nitrogens with one attached hydrogen (secondary N) is 1. The second-order valence-corrected chi connectivity index (χ2v) is 9.68. The summed E-state index contributed by atoms with van der Waals surface area (Å²) in [7, 11) is 0. The Morgan fingerprint density at radius 3 is 2.54 bits per heavy atom. The Balaban J connectivity index is 1.62. The van der Waals surface area contributed by atoms with Gasteiger partial charge in [0.25, 0.3) is 0 Å². The highest BCUT2D eigenvalue weighted by Gasteiger charge is 2.22. The number of aryl methyl sites for hydroxylation is 2. The first-order valence-corrected chi connectivity index (χ1v) is 12.7. The van der Waals surface area contributed by atoms with Crippen LogP contribution in [0.3, 0.4) is 0 Å². The van der Waals surface area contributed by atoms with Crippen molar-refractivity contribution in [2.24, 2.45) is 0 Å². The summed E-state index contributed by atoms with van der Waals surface area (Å²) in [6.45, 7) is 6.04. The summed E-state index contributed by atoms with van der Waals surface area (Å²) in [5.74, 6) is 1.20. The van der Waals surface area contributed by atoms with Crippen LogP contribution in [0.4, 0.5) is 0 Å². The molecule has 0 saturated heterocycles. The van der Waals surface area contributed by atoms with Gasteiger partial charge in [0.05, 0.1) is 11.7 Å². The van der Waals surface area contributed by atoms with Gasteiger partial charge in [0, 0.05) is 16.9 Å². The number of amides is 1. The zero-order valence-electron chi connectivity index (χ0n) is 19.9. The second kappa shape index (κ2) is 11.4. The van der Waals surface area contributed by atoms with Crippen molar-refractivity contribution in [3.05, 3.63) is 112 Å². The standard InChI is InChI=1S/C28H27ClN4OS/c1-19-9-7-8-12-23(19)18-35-28-32-31-27(33(28)25-17-24(29)15-13-20(25)2)21(3)30-26(34)16-14-22-10-5-4-6-11-22/h4-17,21H,18H2,1-3H3,(H,30,34)/b16-14+. The lowest BCUT2D eigenvalue weighted by molar-refractivity contribution is -0.117. The summed E-state index contributed by atoms with van der Waals surface area (Å²) < 4.78 is 2.00. The smallest absolute Gasteiger partial charge is 0.244 e. The molecular weight excluding hydrogens is 476 g/mol. The van der Waals surface area contributed by atoms with E-state index in [1.54, 1.807) is 17.8 Å². The van der Waals surface area contributed by atoms with Crippen molar-refractivity contribution < 1.29 is 4.79 Å². The number of hydrogen-bond acceptors (Lipinski definition) is 4. The van der Waals surface area contributed by atoms with Crippen LogP contribution in [-0.4, -0.2) is 20.7 Å². The molecule has 1 atom stereocenters. The van der Waals surface area contributed by atoms with Gasteiger partial charge in [0.2, 0.25) is 5.91 Å². The van der Waals surface area contributed by atoms with Crippen molar-refractivity contribution in [1.82, 2.24) is 20.1 Å². The lowest BCUT2D eigenvalue weighted by Crippen LogP contribution is -2.27. The molecule has 7 heteroatoms. The van der Waals surface area contributed by atoms with E-state index in [1.807, 2.05) is 79.1 Å². The first-order chi connectivity index (χ1) is 16.9. The monoisotopic (exact) mass is 502 g/mol. The number of benzene rings is 3. The molecule has 4 aromatic rings. The fourth-order valence-corrected chi connectivity index (χ4v) is 4.88. The highest BCUT2D eigenvalue weighted by molar-refractivity contribution is 7.98. The molecule has 0 radical (unpaired) electrons. The van der Waals surface area contributed by atoms with Gasteiger partial charge in [-0.1, -0.05) is 84.0 Å².